The Balaban J connectivity index is 2.05. The minimum absolute atomic E-state index is 0.198. The van der Waals surface area contributed by atoms with Crippen LogP contribution < -0.4 is 5.32 Å². The molecular formula is C12H22N4O2. The molecule has 2 heterocycles. The van der Waals surface area contributed by atoms with Gasteiger partial charge in [-0.15, -0.1) is 0 Å². The van der Waals surface area contributed by atoms with Gasteiger partial charge in [-0.1, -0.05) is 5.16 Å². The molecule has 0 atom stereocenters. The molecule has 6 nitrogen and oxygen atoms in total. The lowest BCUT2D eigenvalue weighted by molar-refractivity contribution is 0.0921. The molecule has 1 N–H and O–H groups in total. The Bertz CT molecular complexity index is 372. The fraction of sp³-hybridized carbons (Fsp3) is 0.833. The van der Waals surface area contributed by atoms with E-state index in [1.165, 1.54) is 0 Å². The van der Waals surface area contributed by atoms with Crippen molar-refractivity contribution in [3.8, 4) is 0 Å². The monoisotopic (exact) mass is 254 g/mol. The normalized spacial score (nSPS) is 18.2. The molecule has 0 aliphatic carbocycles. The summed E-state index contributed by atoms with van der Waals surface area (Å²) in [6.07, 6.45) is 0. The molecule has 1 aliphatic heterocycles. The summed E-state index contributed by atoms with van der Waals surface area (Å²) in [6, 6.07) is 0. The summed E-state index contributed by atoms with van der Waals surface area (Å²) < 4.78 is 10.5. The first-order valence-electron chi connectivity index (χ1n) is 6.51. The van der Waals surface area contributed by atoms with E-state index in [0.717, 1.165) is 32.0 Å². The van der Waals surface area contributed by atoms with Crippen LogP contribution >= 0.6 is 0 Å². The van der Waals surface area contributed by atoms with E-state index in [0.29, 0.717) is 19.1 Å². The molecule has 2 rings (SSSR count). The standard InChI is InChI=1S/C12H22N4O2/c1-4-17-9-10-14-11(15-18-10)12(2,3)16-7-5-13-6-8-16/h13H,4-9H2,1-3H3. The van der Waals surface area contributed by atoms with Crippen molar-refractivity contribution in [3.63, 3.8) is 0 Å². The van der Waals surface area contributed by atoms with Gasteiger partial charge in [0.2, 0.25) is 0 Å². The first kappa shape index (κ1) is 13.5. The SMILES string of the molecule is CCOCc1nc(C(C)(C)N2CCNCC2)no1. The second kappa shape index (κ2) is 5.77. The highest BCUT2D eigenvalue weighted by atomic mass is 16.5. The highest BCUT2D eigenvalue weighted by Gasteiger charge is 2.34. The summed E-state index contributed by atoms with van der Waals surface area (Å²) in [4.78, 5) is 6.80. The number of aromatic nitrogens is 2. The van der Waals surface area contributed by atoms with Crippen LogP contribution in [0.1, 0.15) is 32.5 Å². The van der Waals surface area contributed by atoms with Crippen molar-refractivity contribution in [1.29, 1.82) is 0 Å². The highest BCUT2D eigenvalue weighted by Crippen LogP contribution is 2.25. The van der Waals surface area contributed by atoms with E-state index >= 15 is 0 Å². The zero-order chi connectivity index (χ0) is 13.0. The van der Waals surface area contributed by atoms with Crippen LogP contribution in [0.3, 0.4) is 0 Å². The Hall–Kier alpha value is -0.980. The van der Waals surface area contributed by atoms with Gasteiger partial charge in [-0.25, -0.2) is 0 Å². The van der Waals surface area contributed by atoms with E-state index in [2.05, 4.69) is 34.2 Å². The van der Waals surface area contributed by atoms with E-state index in [1.807, 2.05) is 6.92 Å². The van der Waals surface area contributed by atoms with Crippen LogP contribution in [0.2, 0.25) is 0 Å². The second-order valence-corrected chi connectivity index (χ2v) is 4.94. The molecule has 1 aliphatic rings. The van der Waals surface area contributed by atoms with Gasteiger partial charge in [-0.3, -0.25) is 4.90 Å². The summed E-state index contributed by atoms with van der Waals surface area (Å²) >= 11 is 0. The lowest BCUT2D eigenvalue weighted by atomic mass is 10.0. The molecule has 0 radical (unpaired) electrons. The van der Waals surface area contributed by atoms with Gasteiger partial charge in [-0.05, 0) is 20.8 Å². The van der Waals surface area contributed by atoms with Crippen molar-refractivity contribution >= 4 is 0 Å². The average Bonchev–Trinajstić information content (AvgIpc) is 2.87. The van der Waals surface area contributed by atoms with Crippen LogP contribution in [0, 0.1) is 0 Å². The summed E-state index contributed by atoms with van der Waals surface area (Å²) in [6.45, 7) is 11.3. The van der Waals surface area contributed by atoms with Gasteiger partial charge in [0.05, 0.1) is 5.54 Å². The number of nitrogens with zero attached hydrogens (tertiary/aromatic N) is 3. The zero-order valence-corrected chi connectivity index (χ0v) is 11.4. The Labute approximate surface area is 108 Å². The predicted octanol–water partition coefficient (Wildman–Crippen LogP) is 0.746. The quantitative estimate of drug-likeness (QED) is 0.836. The molecule has 0 unspecified atom stereocenters. The lowest BCUT2D eigenvalue weighted by Crippen LogP contribution is -2.52. The maximum atomic E-state index is 5.27. The minimum Gasteiger partial charge on any atom is -0.372 e. The molecular weight excluding hydrogens is 232 g/mol. The van der Waals surface area contributed by atoms with Gasteiger partial charge >= 0.3 is 0 Å². The molecule has 18 heavy (non-hydrogen) atoms. The number of nitrogens with one attached hydrogen (secondary N) is 1. The van der Waals surface area contributed by atoms with Crippen molar-refractivity contribution < 1.29 is 9.26 Å². The molecule has 0 saturated carbocycles. The van der Waals surface area contributed by atoms with E-state index in [1.54, 1.807) is 0 Å². The van der Waals surface area contributed by atoms with E-state index in [4.69, 9.17) is 9.26 Å². The molecule has 102 valence electrons. The number of hydrogen-bond donors (Lipinski definition) is 1. The number of piperazine rings is 1. The zero-order valence-electron chi connectivity index (χ0n) is 11.4. The van der Waals surface area contributed by atoms with E-state index < -0.39 is 0 Å². The second-order valence-electron chi connectivity index (χ2n) is 4.94. The van der Waals surface area contributed by atoms with Crippen molar-refractivity contribution in [1.82, 2.24) is 20.4 Å². The van der Waals surface area contributed by atoms with Gasteiger partial charge in [0, 0.05) is 32.8 Å². The lowest BCUT2D eigenvalue weighted by Gasteiger charge is -2.38. The predicted molar refractivity (Wildman–Crippen MR) is 67.1 cm³/mol. The molecule has 0 aromatic carbocycles. The van der Waals surface area contributed by atoms with Gasteiger partial charge in [0.25, 0.3) is 5.89 Å². The van der Waals surface area contributed by atoms with E-state index in [9.17, 15) is 0 Å². The van der Waals surface area contributed by atoms with Crippen molar-refractivity contribution in [2.45, 2.75) is 32.9 Å². The smallest absolute Gasteiger partial charge is 0.252 e. The topological polar surface area (TPSA) is 63.4 Å². The van der Waals surface area contributed by atoms with Gasteiger partial charge < -0.3 is 14.6 Å². The van der Waals surface area contributed by atoms with Gasteiger partial charge in [0.1, 0.15) is 6.61 Å². The number of hydrogen-bond acceptors (Lipinski definition) is 6. The summed E-state index contributed by atoms with van der Waals surface area (Å²) in [5.74, 6) is 1.29. The maximum Gasteiger partial charge on any atom is 0.252 e. The minimum atomic E-state index is -0.198. The Morgan fingerprint density at radius 1 is 1.39 bits per heavy atom. The molecule has 0 bridgehead atoms. The number of rotatable bonds is 5. The first-order valence-corrected chi connectivity index (χ1v) is 6.51. The van der Waals surface area contributed by atoms with Crippen LogP contribution in [0.4, 0.5) is 0 Å². The summed E-state index contributed by atoms with van der Waals surface area (Å²) in [5.41, 5.74) is -0.198. The largest absolute Gasteiger partial charge is 0.372 e. The third-order valence-corrected chi connectivity index (χ3v) is 3.35. The fourth-order valence-corrected chi connectivity index (χ4v) is 2.12. The summed E-state index contributed by atoms with van der Waals surface area (Å²) in [7, 11) is 0. The van der Waals surface area contributed by atoms with Crippen LogP contribution in [0.5, 0.6) is 0 Å². The molecule has 6 heteroatoms. The Kier molecular flexibility index (Phi) is 4.31. The fourth-order valence-electron chi connectivity index (χ4n) is 2.12. The molecule has 1 fully saturated rings. The Morgan fingerprint density at radius 3 is 2.78 bits per heavy atom. The maximum absolute atomic E-state index is 5.27. The molecule has 1 aromatic heterocycles. The highest BCUT2D eigenvalue weighted by molar-refractivity contribution is 5.02. The van der Waals surface area contributed by atoms with Crippen LogP contribution in [-0.2, 0) is 16.9 Å². The van der Waals surface area contributed by atoms with Gasteiger partial charge in [-0.2, -0.15) is 4.98 Å². The van der Waals surface area contributed by atoms with Crippen LogP contribution in [0.25, 0.3) is 0 Å². The van der Waals surface area contributed by atoms with Crippen LogP contribution in [0.15, 0.2) is 4.52 Å². The van der Waals surface area contributed by atoms with Crippen molar-refractivity contribution in [3.05, 3.63) is 11.7 Å². The average molecular weight is 254 g/mol. The molecule has 0 spiro atoms. The van der Waals surface area contributed by atoms with Crippen molar-refractivity contribution in [2.24, 2.45) is 0 Å². The molecule has 1 saturated heterocycles. The van der Waals surface area contributed by atoms with Crippen molar-refractivity contribution in [2.75, 3.05) is 32.8 Å². The van der Waals surface area contributed by atoms with E-state index in [-0.39, 0.29) is 5.54 Å². The van der Waals surface area contributed by atoms with Gasteiger partial charge in [0.15, 0.2) is 5.82 Å². The Morgan fingerprint density at radius 2 is 2.11 bits per heavy atom. The third kappa shape index (κ3) is 2.88. The summed E-state index contributed by atoms with van der Waals surface area (Å²) in [5, 5.41) is 7.43. The number of ether oxygens (including phenoxy) is 1. The van der Waals surface area contributed by atoms with Crippen LogP contribution in [-0.4, -0.2) is 47.8 Å². The first-order chi connectivity index (χ1) is 8.64. The third-order valence-electron chi connectivity index (χ3n) is 3.35. The molecule has 0 amide bonds. The molecule has 1 aromatic rings.